The van der Waals surface area contributed by atoms with Crippen LogP contribution in [0.15, 0.2) is 0 Å². The third-order valence-electron chi connectivity index (χ3n) is 12.8. The molecule has 6 aliphatic rings. The average Bonchev–Trinajstić information content (AvgIpc) is 3.32. The molecule has 0 aliphatic carbocycles. The summed E-state index contributed by atoms with van der Waals surface area (Å²) in [5.74, 6) is -0.841. The van der Waals surface area contributed by atoms with Crippen LogP contribution in [0.1, 0.15) is 13.8 Å². The van der Waals surface area contributed by atoms with Crippen LogP contribution in [0.3, 0.4) is 0 Å². The lowest BCUT2D eigenvalue weighted by Gasteiger charge is -2.50. The van der Waals surface area contributed by atoms with Crippen LogP contribution in [-0.4, -0.2) is 315 Å². The van der Waals surface area contributed by atoms with Crippen LogP contribution < -0.4 is 5.32 Å². The summed E-state index contributed by atoms with van der Waals surface area (Å²) in [6.45, 7) is -2.40. The molecule has 0 radical (unpaired) electrons. The molecule has 402 valence electrons. The second-order valence-corrected chi connectivity index (χ2v) is 17.5. The molecule has 6 heterocycles. The first kappa shape index (κ1) is 56.6. The highest BCUT2D eigenvalue weighted by Crippen LogP contribution is 2.36. The van der Waals surface area contributed by atoms with Crippen molar-refractivity contribution in [1.29, 1.82) is 0 Å². The smallest absolute Gasteiger partial charge is 0.217 e. The largest absolute Gasteiger partial charge is 0.394 e. The summed E-state index contributed by atoms with van der Waals surface area (Å²) in [6.07, 6.45) is -54.6. The minimum atomic E-state index is -2.20. The first-order valence-corrected chi connectivity index (χ1v) is 22.0. The molecule has 0 spiro atoms. The Morgan fingerprint density at radius 2 is 0.826 bits per heavy atom. The van der Waals surface area contributed by atoms with E-state index < -0.39 is 223 Å². The minimum Gasteiger partial charge on any atom is -0.394 e. The van der Waals surface area contributed by atoms with Gasteiger partial charge in [0.15, 0.2) is 37.7 Å². The Morgan fingerprint density at radius 3 is 1.35 bits per heavy atom. The predicted octanol–water partition coefficient (Wildman–Crippen LogP) is -12.9. The van der Waals surface area contributed by atoms with Crippen LogP contribution in [0.25, 0.3) is 0 Å². The lowest BCUT2D eigenvalue weighted by molar-refractivity contribution is -0.387. The highest BCUT2D eigenvalue weighted by Gasteiger charge is 2.57. The molecule has 31 heteroatoms. The van der Waals surface area contributed by atoms with Crippen LogP contribution in [0, 0.1) is 0 Å². The molecule has 0 aromatic heterocycles. The summed E-state index contributed by atoms with van der Waals surface area (Å²) in [5, 5.41) is 193. The van der Waals surface area contributed by atoms with Crippen molar-refractivity contribution in [1.82, 2.24) is 5.32 Å². The number of rotatable bonds is 16. The number of hydrogen-bond acceptors (Lipinski definition) is 30. The van der Waals surface area contributed by atoms with Crippen LogP contribution in [0.5, 0.6) is 0 Å². The molecule has 1 amide bonds. The van der Waals surface area contributed by atoms with Crippen molar-refractivity contribution >= 4 is 5.91 Å². The number of nitrogens with one attached hydrogen (secondary N) is 1. The van der Waals surface area contributed by atoms with Gasteiger partial charge in [-0.05, 0) is 6.92 Å². The zero-order chi connectivity index (χ0) is 50.9. The fourth-order valence-electron chi connectivity index (χ4n) is 8.75. The Morgan fingerprint density at radius 1 is 0.406 bits per heavy atom. The van der Waals surface area contributed by atoms with E-state index >= 15 is 0 Å². The summed E-state index contributed by atoms with van der Waals surface area (Å²) < 4.78 is 63.2. The van der Waals surface area contributed by atoms with E-state index in [9.17, 15) is 96.7 Å². The van der Waals surface area contributed by atoms with Gasteiger partial charge < -0.3 is 149 Å². The standard InChI is InChI=1S/C38H65NO30/c1-8-16(45)20(49)25(54)35(60-8)68-31-15(39-9(2)44)34(64-13(6-43)30(31)67-36-26(55)21(50)17(46)10(3-40)62-36)59-7-14-19(48)32(69-37-27(56)22(51)18(47)11(4-41)63-37)28(57)38(65-14)66-29-12(5-42)61-33(58)24(53)23(29)52/h8,10-38,40-43,45-58H,3-7H2,1-2H3,(H,39,44)/t8-,10+,11+,12+,13+,14+,15+,16+,17-,18-,19-,20+,21-,22-,23+,24+,25-,26+,27+,28+,29+,30+,31+,32-,33?,34+,35-,36-,37-,38-/m0/s1. The number of carbonyl (C=O) groups is 1. The first-order valence-electron chi connectivity index (χ1n) is 22.0. The monoisotopic (exact) mass is 1020 g/mol. The van der Waals surface area contributed by atoms with E-state index in [4.69, 9.17) is 52.1 Å². The van der Waals surface area contributed by atoms with Crippen molar-refractivity contribution in [3.8, 4) is 0 Å². The lowest BCUT2D eigenvalue weighted by Crippen LogP contribution is -2.70. The first-order chi connectivity index (χ1) is 32.6. The number of aliphatic hydroxyl groups is 18. The fourth-order valence-corrected chi connectivity index (χ4v) is 8.75. The molecule has 0 bridgehead atoms. The summed E-state index contributed by atoms with van der Waals surface area (Å²) in [6, 6.07) is -1.72. The van der Waals surface area contributed by atoms with Crippen molar-refractivity contribution in [3.63, 3.8) is 0 Å². The summed E-state index contributed by atoms with van der Waals surface area (Å²) >= 11 is 0. The van der Waals surface area contributed by atoms with Gasteiger partial charge in [-0.3, -0.25) is 4.79 Å². The van der Waals surface area contributed by atoms with Gasteiger partial charge in [0.05, 0.1) is 39.1 Å². The van der Waals surface area contributed by atoms with Gasteiger partial charge in [-0.2, -0.15) is 0 Å². The van der Waals surface area contributed by atoms with E-state index in [2.05, 4.69) is 5.32 Å². The maximum Gasteiger partial charge on any atom is 0.217 e. The zero-order valence-corrected chi connectivity index (χ0v) is 36.8. The van der Waals surface area contributed by atoms with Crippen LogP contribution in [0.2, 0.25) is 0 Å². The number of ether oxygens (including phenoxy) is 11. The molecular weight excluding hydrogens is 950 g/mol. The Bertz CT molecular complexity index is 1610. The van der Waals surface area contributed by atoms with Gasteiger partial charge in [-0.25, -0.2) is 0 Å². The van der Waals surface area contributed by atoms with E-state index in [0.29, 0.717) is 0 Å². The quantitative estimate of drug-likeness (QED) is 0.0682. The second-order valence-electron chi connectivity index (χ2n) is 17.5. The number of carbonyl (C=O) groups excluding carboxylic acids is 1. The molecule has 6 aliphatic heterocycles. The number of amides is 1. The highest BCUT2D eigenvalue weighted by atomic mass is 16.8. The van der Waals surface area contributed by atoms with Crippen molar-refractivity contribution < 1.29 is 149 Å². The van der Waals surface area contributed by atoms with E-state index in [-0.39, 0.29) is 0 Å². The van der Waals surface area contributed by atoms with E-state index in [0.717, 1.165) is 6.92 Å². The molecule has 31 nitrogen and oxygen atoms in total. The molecule has 1 unspecified atom stereocenters. The van der Waals surface area contributed by atoms with Crippen LogP contribution in [0.4, 0.5) is 0 Å². The van der Waals surface area contributed by atoms with Crippen LogP contribution >= 0.6 is 0 Å². The molecular formula is C38H65NO30. The Kier molecular flexibility index (Phi) is 19.8. The molecule has 0 aromatic carbocycles. The van der Waals surface area contributed by atoms with Crippen LogP contribution in [-0.2, 0) is 56.9 Å². The highest BCUT2D eigenvalue weighted by molar-refractivity contribution is 5.73. The Hall–Kier alpha value is -1.69. The molecule has 6 fully saturated rings. The van der Waals surface area contributed by atoms with Gasteiger partial charge in [-0.1, -0.05) is 0 Å². The lowest BCUT2D eigenvalue weighted by atomic mass is 9.94. The average molecular weight is 1020 g/mol. The van der Waals surface area contributed by atoms with Gasteiger partial charge in [-0.15, -0.1) is 0 Å². The van der Waals surface area contributed by atoms with E-state index in [1.54, 1.807) is 0 Å². The zero-order valence-electron chi connectivity index (χ0n) is 36.8. The fraction of sp³-hybridized carbons (Fsp3) is 0.974. The normalized spacial score (nSPS) is 52.1. The summed E-state index contributed by atoms with van der Waals surface area (Å²) in [7, 11) is 0. The van der Waals surface area contributed by atoms with Crippen molar-refractivity contribution in [2.45, 2.75) is 198 Å². The van der Waals surface area contributed by atoms with Crippen molar-refractivity contribution in [3.05, 3.63) is 0 Å². The van der Waals surface area contributed by atoms with E-state index in [1.165, 1.54) is 6.92 Å². The van der Waals surface area contributed by atoms with Gasteiger partial charge >= 0.3 is 0 Å². The van der Waals surface area contributed by atoms with Gasteiger partial charge in [0, 0.05) is 6.92 Å². The van der Waals surface area contributed by atoms with Gasteiger partial charge in [0.2, 0.25) is 5.91 Å². The molecule has 0 saturated carbocycles. The molecule has 69 heavy (non-hydrogen) atoms. The summed E-state index contributed by atoms with van der Waals surface area (Å²) in [5.41, 5.74) is 0. The number of aliphatic hydroxyl groups excluding tert-OH is 18. The maximum atomic E-state index is 12.9. The number of hydrogen-bond donors (Lipinski definition) is 19. The molecule has 19 N–H and O–H groups in total. The molecule has 6 saturated heterocycles. The third-order valence-corrected chi connectivity index (χ3v) is 12.8. The van der Waals surface area contributed by atoms with Crippen molar-refractivity contribution in [2.24, 2.45) is 0 Å². The topological polar surface area (TPSA) is 495 Å². The third kappa shape index (κ3) is 12.0. The second kappa shape index (κ2) is 24.1. The predicted molar refractivity (Wildman–Crippen MR) is 209 cm³/mol. The van der Waals surface area contributed by atoms with Crippen molar-refractivity contribution in [2.75, 3.05) is 33.0 Å². The molecule has 30 atom stereocenters. The Labute approximate surface area is 390 Å². The van der Waals surface area contributed by atoms with Gasteiger partial charge in [0.25, 0.3) is 0 Å². The SMILES string of the molecule is CC(=O)N[C@H]1[C@H](OC[C@H]2O[C@@H](O[C@H]3[C@H](O)[C@@H](O)C(O)O[C@@H]3CO)[C@H](O)[C@@H](O[C@@H]3O[C@H](CO)[C@H](O)[C@H](O)[C@H]3O)[C@H]2O)O[C@H](CO)[C@@H](O[C@@H]2O[C@H](CO)[C@H](O)[C@H](O)[C@H]2O)[C@@H]1O[C@@H]1O[C@@H](C)[C@@H](O)[C@@H](O)[C@@H]1O. The summed E-state index contributed by atoms with van der Waals surface area (Å²) in [4.78, 5) is 12.9. The molecule has 0 aromatic rings. The maximum absolute atomic E-state index is 12.9. The van der Waals surface area contributed by atoms with Gasteiger partial charge in [0.1, 0.15) is 140 Å². The Balaban J connectivity index is 1.32. The molecule has 6 rings (SSSR count). The minimum absolute atomic E-state index is 0.841. The van der Waals surface area contributed by atoms with E-state index in [1.807, 2.05) is 0 Å².